The van der Waals surface area contributed by atoms with Gasteiger partial charge in [-0.25, -0.2) is 4.98 Å². The van der Waals surface area contributed by atoms with E-state index in [9.17, 15) is 0 Å². The largest absolute Gasteiger partial charge is 0.497 e. The second-order valence-corrected chi connectivity index (χ2v) is 5.08. The van der Waals surface area contributed by atoms with E-state index in [1.54, 1.807) is 7.11 Å². The Hall–Kier alpha value is -2.69. The molecule has 0 unspecified atom stereocenters. The number of nitrogens with zero attached hydrogens (tertiary/aromatic N) is 3. The maximum absolute atomic E-state index is 6.26. The lowest BCUT2D eigenvalue weighted by atomic mass is 10.1. The SMILES string of the molecule is COc1ccc(-c2nc3ccc(N(C)C)cn3c2N)cc1. The third-order valence-corrected chi connectivity index (χ3v) is 3.52. The smallest absolute Gasteiger partial charge is 0.139 e. The predicted molar refractivity (Wildman–Crippen MR) is 85.9 cm³/mol. The van der Waals surface area contributed by atoms with E-state index in [-0.39, 0.29) is 0 Å². The summed E-state index contributed by atoms with van der Waals surface area (Å²) in [6, 6.07) is 11.7. The number of methoxy groups -OCH3 is 1. The molecule has 1 aromatic carbocycles. The number of fused-ring (bicyclic) bond motifs is 1. The number of nitrogen functional groups attached to an aromatic ring is 1. The Morgan fingerprint density at radius 2 is 1.81 bits per heavy atom. The van der Waals surface area contributed by atoms with Crippen LogP contribution in [0.3, 0.4) is 0 Å². The van der Waals surface area contributed by atoms with Crippen LogP contribution in [0.4, 0.5) is 11.5 Å². The van der Waals surface area contributed by atoms with Crippen molar-refractivity contribution in [1.82, 2.24) is 9.38 Å². The monoisotopic (exact) mass is 282 g/mol. The van der Waals surface area contributed by atoms with Crippen LogP contribution >= 0.6 is 0 Å². The minimum atomic E-state index is 0.638. The number of pyridine rings is 1. The molecule has 0 spiro atoms. The molecule has 0 saturated heterocycles. The van der Waals surface area contributed by atoms with E-state index in [1.165, 1.54) is 0 Å². The van der Waals surface area contributed by atoms with Gasteiger partial charge in [0.1, 0.15) is 22.9 Å². The summed E-state index contributed by atoms with van der Waals surface area (Å²) in [5, 5.41) is 0. The highest BCUT2D eigenvalue weighted by atomic mass is 16.5. The van der Waals surface area contributed by atoms with Crippen LogP contribution < -0.4 is 15.4 Å². The third-order valence-electron chi connectivity index (χ3n) is 3.52. The van der Waals surface area contributed by atoms with E-state index in [2.05, 4.69) is 4.98 Å². The number of anilines is 2. The van der Waals surface area contributed by atoms with Crippen LogP contribution in [0.25, 0.3) is 16.9 Å². The number of imidazole rings is 1. The maximum atomic E-state index is 6.26. The fraction of sp³-hybridized carbons (Fsp3) is 0.188. The van der Waals surface area contributed by atoms with Gasteiger partial charge < -0.3 is 15.4 Å². The van der Waals surface area contributed by atoms with Crippen molar-refractivity contribution < 1.29 is 4.74 Å². The van der Waals surface area contributed by atoms with Gasteiger partial charge in [-0.05, 0) is 36.4 Å². The minimum absolute atomic E-state index is 0.638. The topological polar surface area (TPSA) is 55.8 Å². The second-order valence-electron chi connectivity index (χ2n) is 5.08. The van der Waals surface area contributed by atoms with Crippen LogP contribution in [0.15, 0.2) is 42.6 Å². The van der Waals surface area contributed by atoms with Crippen molar-refractivity contribution in [3.8, 4) is 17.0 Å². The Bertz CT molecular complexity index is 775. The molecule has 0 amide bonds. The molecule has 0 aliphatic heterocycles. The number of nitrogens with two attached hydrogens (primary N) is 1. The zero-order valence-corrected chi connectivity index (χ0v) is 12.4. The Morgan fingerprint density at radius 1 is 1.10 bits per heavy atom. The molecule has 0 aliphatic rings. The molecule has 2 aromatic heterocycles. The summed E-state index contributed by atoms with van der Waals surface area (Å²) in [7, 11) is 5.65. The molecule has 0 bridgehead atoms. The molecule has 5 heteroatoms. The lowest BCUT2D eigenvalue weighted by molar-refractivity contribution is 0.415. The zero-order valence-electron chi connectivity index (χ0n) is 12.4. The first-order valence-corrected chi connectivity index (χ1v) is 6.69. The van der Waals surface area contributed by atoms with Gasteiger partial charge in [0.15, 0.2) is 0 Å². The molecule has 0 aliphatic carbocycles. The highest BCUT2D eigenvalue weighted by Gasteiger charge is 2.12. The lowest BCUT2D eigenvalue weighted by Gasteiger charge is -2.12. The van der Waals surface area contributed by atoms with E-state index < -0.39 is 0 Å². The summed E-state index contributed by atoms with van der Waals surface area (Å²) in [6.45, 7) is 0. The van der Waals surface area contributed by atoms with E-state index in [4.69, 9.17) is 10.5 Å². The first-order chi connectivity index (χ1) is 10.1. The van der Waals surface area contributed by atoms with Gasteiger partial charge in [-0.1, -0.05) is 0 Å². The van der Waals surface area contributed by atoms with Crippen LogP contribution in [0.2, 0.25) is 0 Å². The predicted octanol–water partition coefficient (Wildman–Crippen LogP) is 2.66. The van der Waals surface area contributed by atoms with E-state index in [0.717, 1.165) is 28.3 Å². The fourth-order valence-corrected chi connectivity index (χ4v) is 2.28. The summed E-state index contributed by atoms with van der Waals surface area (Å²) in [5.41, 5.74) is 9.94. The summed E-state index contributed by atoms with van der Waals surface area (Å²) in [4.78, 5) is 6.65. The molecule has 0 atom stereocenters. The van der Waals surface area contributed by atoms with Crippen molar-refractivity contribution in [3.05, 3.63) is 42.6 Å². The maximum Gasteiger partial charge on any atom is 0.139 e. The Kier molecular flexibility index (Phi) is 3.17. The Balaban J connectivity index is 2.12. The number of aromatic nitrogens is 2. The minimum Gasteiger partial charge on any atom is -0.497 e. The third kappa shape index (κ3) is 2.27. The van der Waals surface area contributed by atoms with Crippen LogP contribution in [0.1, 0.15) is 0 Å². The van der Waals surface area contributed by atoms with Gasteiger partial charge in [0.05, 0.1) is 12.8 Å². The number of ether oxygens (including phenoxy) is 1. The highest BCUT2D eigenvalue weighted by molar-refractivity contribution is 5.76. The lowest BCUT2D eigenvalue weighted by Crippen LogP contribution is -2.09. The first-order valence-electron chi connectivity index (χ1n) is 6.69. The summed E-state index contributed by atoms with van der Waals surface area (Å²) < 4.78 is 7.09. The summed E-state index contributed by atoms with van der Waals surface area (Å²) >= 11 is 0. The Labute approximate surface area is 123 Å². The normalized spacial score (nSPS) is 10.8. The fourth-order valence-electron chi connectivity index (χ4n) is 2.28. The molecule has 0 saturated carbocycles. The average Bonchev–Trinajstić information content (AvgIpc) is 2.84. The molecule has 2 N–H and O–H groups in total. The Morgan fingerprint density at radius 3 is 2.43 bits per heavy atom. The van der Waals surface area contributed by atoms with Gasteiger partial charge in [-0.15, -0.1) is 0 Å². The number of benzene rings is 1. The zero-order chi connectivity index (χ0) is 15.0. The second kappa shape index (κ2) is 5.01. The van der Waals surface area contributed by atoms with Crippen LogP contribution in [-0.2, 0) is 0 Å². The van der Waals surface area contributed by atoms with Crippen LogP contribution in [-0.4, -0.2) is 30.6 Å². The standard InChI is InChI=1S/C16H18N4O/c1-19(2)12-6-9-14-18-15(16(17)20(14)10-12)11-4-7-13(21-3)8-5-11/h4-10H,17H2,1-3H3. The molecule has 0 radical (unpaired) electrons. The van der Waals surface area contributed by atoms with Crippen molar-refractivity contribution in [2.45, 2.75) is 0 Å². The number of rotatable bonds is 3. The van der Waals surface area contributed by atoms with Crippen molar-refractivity contribution in [3.63, 3.8) is 0 Å². The molecule has 2 heterocycles. The van der Waals surface area contributed by atoms with Crippen molar-refractivity contribution in [2.75, 3.05) is 31.8 Å². The van der Waals surface area contributed by atoms with Gasteiger partial charge in [-0.2, -0.15) is 0 Å². The molecule has 5 nitrogen and oxygen atoms in total. The number of hydrogen-bond donors (Lipinski definition) is 1. The average molecular weight is 282 g/mol. The molecule has 3 aromatic rings. The van der Waals surface area contributed by atoms with Crippen molar-refractivity contribution in [2.24, 2.45) is 0 Å². The van der Waals surface area contributed by atoms with E-state index in [0.29, 0.717) is 5.82 Å². The van der Waals surface area contributed by atoms with Gasteiger partial charge in [0.25, 0.3) is 0 Å². The molecule has 0 fully saturated rings. The highest BCUT2D eigenvalue weighted by Crippen LogP contribution is 2.29. The van der Waals surface area contributed by atoms with E-state index >= 15 is 0 Å². The van der Waals surface area contributed by atoms with Crippen LogP contribution in [0.5, 0.6) is 5.75 Å². The number of hydrogen-bond acceptors (Lipinski definition) is 4. The summed E-state index contributed by atoms with van der Waals surface area (Å²) in [5.74, 6) is 1.45. The van der Waals surface area contributed by atoms with Gasteiger partial charge in [0.2, 0.25) is 0 Å². The van der Waals surface area contributed by atoms with E-state index in [1.807, 2.05) is 66.0 Å². The van der Waals surface area contributed by atoms with Crippen LogP contribution in [0, 0.1) is 0 Å². The molecular weight excluding hydrogens is 264 g/mol. The quantitative estimate of drug-likeness (QED) is 0.802. The first kappa shape index (κ1) is 13.3. The van der Waals surface area contributed by atoms with Gasteiger partial charge >= 0.3 is 0 Å². The molecule has 21 heavy (non-hydrogen) atoms. The molecule has 3 rings (SSSR count). The van der Waals surface area contributed by atoms with Gasteiger partial charge in [0, 0.05) is 25.9 Å². The summed E-state index contributed by atoms with van der Waals surface area (Å²) in [6.07, 6.45) is 1.99. The van der Waals surface area contributed by atoms with Crippen molar-refractivity contribution >= 4 is 17.2 Å². The van der Waals surface area contributed by atoms with Crippen molar-refractivity contribution in [1.29, 1.82) is 0 Å². The van der Waals surface area contributed by atoms with Gasteiger partial charge in [-0.3, -0.25) is 4.40 Å². The molecular formula is C16H18N4O. The molecule has 108 valence electrons.